The lowest BCUT2D eigenvalue weighted by Gasteiger charge is -2.15. The van der Waals surface area contributed by atoms with Gasteiger partial charge in [0.25, 0.3) is 0 Å². The second kappa shape index (κ2) is 22.6. The van der Waals surface area contributed by atoms with Gasteiger partial charge in [0.15, 0.2) is 0 Å². The van der Waals surface area contributed by atoms with Crippen molar-refractivity contribution in [2.24, 2.45) is 0 Å². The summed E-state index contributed by atoms with van der Waals surface area (Å²) in [6, 6.07) is 53.7. The molecule has 9 rings (SSSR count). The Kier molecular flexibility index (Phi) is 15.5. The summed E-state index contributed by atoms with van der Waals surface area (Å²) in [5.74, 6) is -0.146. The minimum atomic E-state index is -0.935. The van der Waals surface area contributed by atoms with Crippen LogP contribution < -0.4 is 0 Å². The van der Waals surface area contributed by atoms with E-state index in [4.69, 9.17) is 19.8 Å². The molecule has 2 aliphatic heterocycles. The molecule has 7 aromatic rings. The lowest BCUT2D eigenvalue weighted by Crippen LogP contribution is -2.00. The largest absolute Gasteiger partial charge is 0.491 e. The highest BCUT2D eigenvalue weighted by molar-refractivity contribution is 6.11. The van der Waals surface area contributed by atoms with Crippen LogP contribution in [0.25, 0.3) is 85.1 Å². The summed E-state index contributed by atoms with van der Waals surface area (Å²) in [4.78, 5) is 23.9. The van der Waals surface area contributed by atoms with Crippen LogP contribution >= 0.6 is 0 Å². The third kappa shape index (κ3) is 11.5. The van der Waals surface area contributed by atoms with Crippen LogP contribution in [-0.2, 0) is 9.53 Å². The van der Waals surface area contributed by atoms with Crippen molar-refractivity contribution in [3.05, 3.63) is 187 Å². The first kappa shape index (κ1) is 46.0. The van der Waals surface area contributed by atoms with Crippen molar-refractivity contribution in [1.82, 2.24) is 19.5 Å². The standard InChI is InChI=1S/C56H54N4O.C4H6O2/c1-2-3-4-5-6-7-8-9-10-23-36-61-51-40-48-38-46-33-32-44(57-46)37-45-34-35-47(58-45)39-50-52(41-24-15-11-16-25-41)53(42-26-17-12-18-27-42)56(60(50)49-30-21-14-22-31-49)54(55(51)59-48)43-28-19-13-20-29-43;1-3(2)4(5)6/h11-22,24-35,37-40,57H,2-10,23,36H2,1H3;1H2,2H3,(H,5,6). The number of benzene rings is 4. The maximum atomic E-state index is 9.60. The molecule has 0 spiro atoms. The number of aliphatic carboxylic acids is 1. The number of unbranched alkanes of at least 4 members (excludes halogenated alkanes) is 9. The molecule has 0 atom stereocenters. The molecule has 0 radical (unpaired) electrons. The van der Waals surface area contributed by atoms with Crippen LogP contribution in [0.3, 0.4) is 0 Å². The quantitative estimate of drug-likeness (QED) is 0.0702. The Bertz CT molecular complexity index is 3010. The van der Waals surface area contributed by atoms with E-state index in [0.29, 0.717) is 6.61 Å². The monoisotopic (exact) mass is 884 g/mol. The minimum Gasteiger partial charge on any atom is -0.491 e. The Labute approximate surface area is 394 Å². The van der Waals surface area contributed by atoms with E-state index in [1.165, 1.54) is 58.3 Å². The van der Waals surface area contributed by atoms with Gasteiger partial charge in [-0.3, -0.25) is 0 Å². The molecule has 7 nitrogen and oxygen atoms in total. The predicted molar refractivity (Wildman–Crippen MR) is 279 cm³/mol. The van der Waals surface area contributed by atoms with Crippen LogP contribution in [-0.4, -0.2) is 37.2 Å². The molecule has 0 unspecified atom stereocenters. The third-order valence-corrected chi connectivity index (χ3v) is 12.1. The van der Waals surface area contributed by atoms with Gasteiger partial charge < -0.3 is 19.4 Å². The summed E-state index contributed by atoms with van der Waals surface area (Å²) >= 11 is 0. The molecule has 0 saturated heterocycles. The number of aromatic nitrogens is 4. The average Bonchev–Trinajstić information content (AvgIpc) is 4.16. The van der Waals surface area contributed by atoms with Gasteiger partial charge in [0.1, 0.15) is 11.5 Å². The normalized spacial score (nSPS) is 11.7. The number of rotatable bonds is 17. The van der Waals surface area contributed by atoms with Crippen molar-refractivity contribution in [3.8, 4) is 39.1 Å². The first-order valence-electron chi connectivity index (χ1n) is 23.8. The van der Waals surface area contributed by atoms with E-state index >= 15 is 0 Å². The van der Waals surface area contributed by atoms with E-state index in [1.807, 2.05) is 0 Å². The second-order valence-electron chi connectivity index (χ2n) is 17.2. The molecular weight excluding hydrogens is 825 g/mol. The molecule has 4 aromatic carbocycles. The number of hydrogen-bond acceptors (Lipinski definition) is 4. The molecule has 67 heavy (non-hydrogen) atoms. The van der Waals surface area contributed by atoms with Gasteiger partial charge in [-0.2, -0.15) is 0 Å². The number of nitrogens with zero attached hydrogens (tertiary/aromatic N) is 3. The molecule has 2 N–H and O–H groups in total. The van der Waals surface area contributed by atoms with Crippen LogP contribution in [0.5, 0.6) is 0 Å². The number of carboxylic acid groups (broad SMARTS) is 1. The topological polar surface area (TPSA) is 93.0 Å². The summed E-state index contributed by atoms with van der Waals surface area (Å²) in [6.45, 7) is 7.51. The van der Waals surface area contributed by atoms with Gasteiger partial charge in [0.05, 0.1) is 34.7 Å². The van der Waals surface area contributed by atoms with E-state index in [1.54, 1.807) is 0 Å². The number of carboxylic acids is 1. The number of carbonyl (C=O) groups is 1. The lowest BCUT2D eigenvalue weighted by molar-refractivity contribution is -0.132. The smallest absolute Gasteiger partial charge is 0.330 e. The van der Waals surface area contributed by atoms with Crippen molar-refractivity contribution in [1.29, 1.82) is 0 Å². The summed E-state index contributed by atoms with van der Waals surface area (Å²) in [5.41, 5.74) is 15.2. The average molecular weight is 885 g/mol. The summed E-state index contributed by atoms with van der Waals surface area (Å²) in [5, 5.41) is 7.89. The van der Waals surface area contributed by atoms with Crippen molar-refractivity contribution >= 4 is 52.0 Å². The molecule has 3 aromatic heterocycles. The highest BCUT2D eigenvalue weighted by atomic mass is 16.5. The molecule has 5 heterocycles. The Morgan fingerprint density at radius 3 is 1.63 bits per heavy atom. The number of aromatic amines is 1. The van der Waals surface area contributed by atoms with E-state index in [-0.39, 0.29) is 5.57 Å². The van der Waals surface area contributed by atoms with Crippen LogP contribution in [0.2, 0.25) is 0 Å². The molecule has 0 fully saturated rings. The van der Waals surface area contributed by atoms with Gasteiger partial charge in [-0.1, -0.05) is 180 Å². The number of ether oxygens (including phenoxy) is 1. The van der Waals surface area contributed by atoms with Gasteiger partial charge in [-0.15, -0.1) is 0 Å². The van der Waals surface area contributed by atoms with Crippen LogP contribution in [0.15, 0.2) is 164 Å². The molecule has 0 saturated carbocycles. The summed E-state index contributed by atoms with van der Waals surface area (Å²) in [7, 11) is 0. The SMILES string of the molecule is C=C(C)C(=O)O.CCCCCCCCCCCCOC1=Cc2cc3ccc(cc4nc(cc5c(-c6ccccc6)c(-c6ccccc6)c(c(-c6ccccc6)c1n2)n5-c1ccccc1)C=C4)[nH]3. The van der Waals surface area contributed by atoms with Gasteiger partial charge in [-0.05, 0) is 84.7 Å². The zero-order chi connectivity index (χ0) is 46.4. The van der Waals surface area contributed by atoms with Crippen molar-refractivity contribution < 1.29 is 14.6 Å². The zero-order valence-corrected chi connectivity index (χ0v) is 38.8. The highest BCUT2D eigenvalue weighted by Gasteiger charge is 2.27. The van der Waals surface area contributed by atoms with Crippen LogP contribution in [0, 0.1) is 0 Å². The van der Waals surface area contributed by atoms with Gasteiger partial charge in [0, 0.05) is 45.1 Å². The van der Waals surface area contributed by atoms with Gasteiger partial charge in [0.2, 0.25) is 0 Å². The fourth-order valence-corrected chi connectivity index (χ4v) is 8.75. The number of hydrogen-bond donors (Lipinski definition) is 2. The van der Waals surface area contributed by atoms with E-state index < -0.39 is 5.97 Å². The maximum Gasteiger partial charge on any atom is 0.330 e. The molecule has 0 amide bonds. The van der Waals surface area contributed by atoms with E-state index in [0.717, 1.165) is 103 Å². The van der Waals surface area contributed by atoms with Gasteiger partial charge in [-0.25, -0.2) is 14.8 Å². The number of H-pyrrole nitrogens is 1. The molecule has 8 bridgehead atoms. The zero-order valence-electron chi connectivity index (χ0n) is 38.8. The fraction of sp³-hybridized carbons (Fsp3) is 0.217. The highest BCUT2D eigenvalue weighted by Crippen LogP contribution is 2.48. The minimum absolute atomic E-state index is 0.176. The van der Waals surface area contributed by atoms with Crippen LogP contribution in [0.4, 0.5) is 0 Å². The predicted octanol–water partition coefficient (Wildman–Crippen LogP) is 16.0. The van der Waals surface area contributed by atoms with Gasteiger partial charge >= 0.3 is 5.97 Å². The van der Waals surface area contributed by atoms with Crippen molar-refractivity contribution in [2.45, 2.75) is 78.1 Å². The second-order valence-corrected chi connectivity index (χ2v) is 17.2. The number of nitrogens with one attached hydrogen (secondary N) is 1. The molecule has 7 heteroatoms. The Hall–Kier alpha value is -7.51. The maximum absolute atomic E-state index is 9.60. The fourth-order valence-electron chi connectivity index (χ4n) is 8.75. The molecule has 2 aliphatic rings. The van der Waals surface area contributed by atoms with Crippen molar-refractivity contribution in [3.63, 3.8) is 0 Å². The molecular formula is C60H60N4O3. The van der Waals surface area contributed by atoms with Crippen molar-refractivity contribution in [2.75, 3.05) is 6.61 Å². The number of para-hydroxylation sites is 1. The Morgan fingerprint density at radius 2 is 1.07 bits per heavy atom. The summed E-state index contributed by atoms with van der Waals surface area (Å²) in [6.07, 6.45) is 19.1. The third-order valence-electron chi connectivity index (χ3n) is 12.1. The van der Waals surface area contributed by atoms with E-state index in [9.17, 15) is 4.79 Å². The van der Waals surface area contributed by atoms with E-state index in [2.05, 4.69) is 193 Å². The number of fused-ring (bicyclic) bond motifs is 8. The Balaban J connectivity index is 0.000000952. The molecule has 0 aliphatic carbocycles. The summed E-state index contributed by atoms with van der Waals surface area (Å²) < 4.78 is 9.35. The Morgan fingerprint density at radius 1 is 0.597 bits per heavy atom. The first-order chi connectivity index (χ1) is 32.9. The molecule has 338 valence electrons. The first-order valence-corrected chi connectivity index (χ1v) is 23.8. The van der Waals surface area contributed by atoms with Crippen LogP contribution in [0.1, 0.15) is 101 Å². The lowest BCUT2D eigenvalue weighted by atomic mass is 9.93.